The van der Waals surface area contributed by atoms with Crippen LogP contribution in [-0.4, -0.2) is 19.6 Å². The Hall–Kier alpha value is -3.83. The number of rotatable bonds is 10. The number of benzene rings is 3. The molecule has 0 heterocycles. The van der Waals surface area contributed by atoms with E-state index in [0.717, 1.165) is 16.9 Å². The van der Waals surface area contributed by atoms with Gasteiger partial charge in [-0.05, 0) is 66.1 Å². The van der Waals surface area contributed by atoms with Crippen LogP contribution >= 0.6 is 15.9 Å². The molecule has 3 aromatic carbocycles. The number of ether oxygens (including phenoxy) is 3. The number of carbonyl (C=O) groups is 1. The Kier molecular flexibility index (Phi) is 9.27. The van der Waals surface area contributed by atoms with Gasteiger partial charge in [-0.2, -0.15) is 5.26 Å². The number of halogens is 2. The maximum atomic E-state index is 13.1. The molecule has 0 fully saturated rings. The van der Waals surface area contributed by atoms with Crippen LogP contribution in [0.25, 0.3) is 6.08 Å². The molecule has 0 saturated carbocycles. The molecule has 6 nitrogen and oxygen atoms in total. The van der Waals surface area contributed by atoms with Gasteiger partial charge in [0.05, 0.1) is 13.7 Å². The normalized spacial score (nSPS) is 10.9. The van der Waals surface area contributed by atoms with Crippen LogP contribution in [0.5, 0.6) is 17.2 Å². The number of nitrogens with one attached hydrogen (secondary N) is 1. The molecule has 0 saturated heterocycles. The van der Waals surface area contributed by atoms with Crippen molar-refractivity contribution in [3.05, 3.63) is 93.2 Å². The first-order valence-corrected chi connectivity index (χ1v) is 11.6. The standard InChI is InChI=1S/C27H24BrFN2O4/c1-3-34-25-13-20(24(28)14-26(25)35-17-19-4-8-22(29)9-5-19)12-21(15-30)27(32)31-16-18-6-10-23(33-2)11-7-18/h4-14H,3,16-17H2,1-2H3,(H,31,32)/b21-12-. The van der Waals surface area contributed by atoms with E-state index in [0.29, 0.717) is 28.1 Å². The van der Waals surface area contributed by atoms with Crippen molar-refractivity contribution in [3.63, 3.8) is 0 Å². The highest BCUT2D eigenvalue weighted by molar-refractivity contribution is 9.10. The van der Waals surface area contributed by atoms with E-state index in [2.05, 4.69) is 21.2 Å². The van der Waals surface area contributed by atoms with Gasteiger partial charge in [0.25, 0.3) is 5.91 Å². The molecule has 0 atom stereocenters. The molecule has 3 rings (SSSR count). The van der Waals surface area contributed by atoms with Crippen molar-refractivity contribution in [2.45, 2.75) is 20.1 Å². The molecule has 0 bridgehead atoms. The maximum absolute atomic E-state index is 13.1. The van der Waals surface area contributed by atoms with E-state index in [1.54, 1.807) is 43.5 Å². The third kappa shape index (κ3) is 7.33. The average molecular weight is 539 g/mol. The maximum Gasteiger partial charge on any atom is 0.262 e. The zero-order valence-electron chi connectivity index (χ0n) is 19.3. The third-order valence-electron chi connectivity index (χ3n) is 4.95. The molecule has 1 N–H and O–H groups in total. The van der Waals surface area contributed by atoms with Gasteiger partial charge >= 0.3 is 0 Å². The van der Waals surface area contributed by atoms with Crippen LogP contribution in [-0.2, 0) is 17.9 Å². The molecule has 1 amide bonds. The summed E-state index contributed by atoms with van der Waals surface area (Å²) in [5, 5.41) is 12.3. The summed E-state index contributed by atoms with van der Waals surface area (Å²) in [6, 6.07) is 18.7. The van der Waals surface area contributed by atoms with Crippen LogP contribution < -0.4 is 19.5 Å². The molecular formula is C27H24BrFN2O4. The van der Waals surface area contributed by atoms with Crippen molar-refractivity contribution in [2.75, 3.05) is 13.7 Å². The predicted molar refractivity (Wildman–Crippen MR) is 134 cm³/mol. The van der Waals surface area contributed by atoms with E-state index in [9.17, 15) is 14.4 Å². The lowest BCUT2D eigenvalue weighted by molar-refractivity contribution is -0.117. The first-order chi connectivity index (χ1) is 16.9. The Labute approximate surface area is 212 Å². The molecular weight excluding hydrogens is 515 g/mol. The number of hydrogen-bond donors (Lipinski definition) is 1. The second-order valence-corrected chi connectivity index (χ2v) is 8.22. The SMILES string of the molecule is CCOc1cc(/C=C(/C#N)C(=O)NCc2ccc(OC)cc2)c(Br)cc1OCc1ccc(F)cc1. The topological polar surface area (TPSA) is 80.6 Å². The van der Waals surface area contributed by atoms with Gasteiger partial charge in [-0.15, -0.1) is 0 Å². The highest BCUT2D eigenvalue weighted by Gasteiger charge is 2.14. The lowest BCUT2D eigenvalue weighted by atomic mass is 10.1. The van der Waals surface area contributed by atoms with E-state index < -0.39 is 5.91 Å². The number of hydrogen-bond acceptors (Lipinski definition) is 5. The van der Waals surface area contributed by atoms with Gasteiger partial charge in [0.2, 0.25) is 0 Å². The molecule has 180 valence electrons. The third-order valence-corrected chi connectivity index (χ3v) is 5.63. The number of amides is 1. The summed E-state index contributed by atoms with van der Waals surface area (Å²) in [6.07, 6.45) is 1.49. The summed E-state index contributed by atoms with van der Waals surface area (Å²) in [7, 11) is 1.58. The van der Waals surface area contributed by atoms with Gasteiger partial charge in [-0.25, -0.2) is 4.39 Å². The van der Waals surface area contributed by atoms with Gasteiger partial charge in [-0.3, -0.25) is 4.79 Å². The highest BCUT2D eigenvalue weighted by Crippen LogP contribution is 2.35. The monoisotopic (exact) mass is 538 g/mol. The van der Waals surface area contributed by atoms with Crippen molar-refractivity contribution in [1.82, 2.24) is 5.32 Å². The van der Waals surface area contributed by atoms with E-state index in [1.807, 2.05) is 25.1 Å². The van der Waals surface area contributed by atoms with E-state index in [-0.39, 0.29) is 24.5 Å². The van der Waals surface area contributed by atoms with Gasteiger partial charge in [0, 0.05) is 11.0 Å². The fraction of sp³-hybridized carbons (Fsp3) is 0.185. The molecule has 3 aromatic rings. The smallest absolute Gasteiger partial charge is 0.262 e. The van der Waals surface area contributed by atoms with Crippen LogP contribution in [0.15, 0.2) is 70.7 Å². The Morgan fingerprint density at radius 2 is 1.71 bits per heavy atom. The van der Waals surface area contributed by atoms with Gasteiger partial charge in [0.1, 0.15) is 29.8 Å². The van der Waals surface area contributed by atoms with Gasteiger partial charge in [0.15, 0.2) is 11.5 Å². The Morgan fingerprint density at radius 3 is 2.34 bits per heavy atom. The minimum absolute atomic E-state index is 0.0540. The van der Waals surface area contributed by atoms with Crippen molar-refractivity contribution in [2.24, 2.45) is 0 Å². The van der Waals surface area contributed by atoms with E-state index in [4.69, 9.17) is 14.2 Å². The lowest BCUT2D eigenvalue weighted by Crippen LogP contribution is -2.23. The summed E-state index contributed by atoms with van der Waals surface area (Å²) in [6.45, 7) is 2.72. The van der Waals surface area contributed by atoms with Crippen LogP contribution in [0.1, 0.15) is 23.6 Å². The van der Waals surface area contributed by atoms with Gasteiger partial charge < -0.3 is 19.5 Å². The lowest BCUT2D eigenvalue weighted by Gasteiger charge is -2.14. The largest absolute Gasteiger partial charge is 0.497 e. The Bertz CT molecular complexity index is 1240. The second-order valence-electron chi connectivity index (χ2n) is 7.37. The van der Waals surface area contributed by atoms with Crippen molar-refractivity contribution >= 4 is 27.9 Å². The molecule has 0 radical (unpaired) electrons. The first-order valence-electron chi connectivity index (χ1n) is 10.8. The molecule has 0 spiro atoms. The van der Waals surface area contributed by atoms with Crippen LogP contribution in [0.4, 0.5) is 4.39 Å². The minimum atomic E-state index is -0.496. The quantitative estimate of drug-likeness (QED) is 0.260. The van der Waals surface area contributed by atoms with Gasteiger partial charge in [-0.1, -0.05) is 40.2 Å². The zero-order valence-corrected chi connectivity index (χ0v) is 20.9. The summed E-state index contributed by atoms with van der Waals surface area (Å²) in [5.74, 6) is 0.842. The van der Waals surface area contributed by atoms with E-state index in [1.165, 1.54) is 18.2 Å². The zero-order chi connectivity index (χ0) is 25.2. The molecule has 0 aliphatic heterocycles. The minimum Gasteiger partial charge on any atom is -0.497 e. The Morgan fingerprint density at radius 1 is 1.06 bits per heavy atom. The molecule has 8 heteroatoms. The highest BCUT2D eigenvalue weighted by atomic mass is 79.9. The summed E-state index contributed by atoms with van der Waals surface area (Å²) >= 11 is 3.48. The van der Waals surface area contributed by atoms with Crippen molar-refractivity contribution in [1.29, 1.82) is 5.26 Å². The average Bonchev–Trinajstić information content (AvgIpc) is 2.87. The van der Waals surface area contributed by atoms with E-state index >= 15 is 0 Å². The number of methoxy groups -OCH3 is 1. The predicted octanol–water partition coefficient (Wildman–Crippen LogP) is 5.80. The fourth-order valence-corrected chi connectivity index (χ4v) is 3.55. The fourth-order valence-electron chi connectivity index (χ4n) is 3.11. The molecule has 0 aliphatic carbocycles. The first kappa shape index (κ1) is 25.8. The molecule has 0 aromatic heterocycles. The number of carbonyl (C=O) groups excluding carboxylic acids is 1. The van der Waals surface area contributed by atoms with Crippen LogP contribution in [0.2, 0.25) is 0 Å². The summed E-state index contributed by atoms with van der Waals surface area (Å²) < 4.78 is 30.5. The van der Waals surface area contributed by atoms with Crippen molar-refractivity contribution in [3.8, 4) is 23.3 Å². The second kappa shape index (κ2) is 12.6. The van der Waals surface area contributed by atoms with Crippen LogP contribution in [0.3, 0.4) is 0 Å². The number of nitrogens with zero attached hydrogens (tertiary/aromatic N) is 1. The van der Waals surface area contributed by atoms with Crippen LogP contribution in [0, 0.1) is 17.1 Å². The van der Waals surface area contributed by atoms with Crippen molar-refractivity contribution < 1.29 is 23.4 Å². The summed E-state index contributed by atoms with van der Waals surface area (Å²) in [4.78, 5) is 12.6. The number of nitriles is 1. The molecule has 0 unspecified atom stereocenters. The Balaban J connectivity index is 1.75. The summed E-state index contributed by atoms with van der Waals surface area (Å²) in [5.41, 5.74) is 2.20. The molecule has 0 aliphatic rings. The molecule has 35 heavy (non-hydrogen) atoms.